The number of aromatic nitrogens is 2. The molecule has 55 heavy (non-hydrogen) atoms. The van der Waals surface area contributed by atoms with Gasteiger partial charge >= 0.3 is 0 Å². The first-order chi connectivity index (χ1) is 26.9. The zero-order valence-electron chi connectivity index (χ0n) is 31.0. The third-order valence-corrected chi connectivity index (χ3v) is 12.4. The first-order valence-electron chi connectivity index (χ1n) is 19.1. The lowest BCUT2D eigenvalue weighted by molar-refractivity contribution is 0.221. The van der Waals surface area contributed by atoms with E-state index in [0.29, 0.717) is 6.61 Å². The van der Waals surface area contributed by atoms with Crippen LogP contribution in [0.5, 0.6) is 5.75 Å². The number of anilines is 2. The van der Waals surface area contributed by atoms with Crippen molar-refractivity contribution in [2.24, 2.45) is 0 Å². The predicted molar refractivity (Wildman–Crippen MR) is 227 cm³/mol. The second-order valence-electron chi connectivity index (χ2n) is 14.0. The van der Waals surface area contributed by atoms with Crippen molar-refractivity contribution in [2.75, 3.05) is 87.6 Å². The Morgan fingerprint density at radius 1 is 0.618 bits per heavy atom. The van der Waals surface area contributed by atoms with E-state index in [1.165, 1.54) is 64.7 Å². The molecule has 2 aromatic heterocycles. The van der Waals surface area contributed by atoms with Crippen LogP contribution in [0.4, 0.5) is 20.2 Å². The third kappa shape index (κ3) is 10.3. The Kier molecular flexibility index (Phi) is 13.8. The monoisotopic (exact) mass is 804 g/mol. The van der Waals surface area contributed by atoms with Crippen molar-refractivity contribution < 1.29 is 13.5 Å². The highest BCUT2D eigenvalue weighted by Crippen LogP contribution is 2.34. The number of nitrogens with zero attached hydrogens (tertiary/aromatic N) is 4. The molecule has 4 heterocycles. The summed E-state index contributed by atoms with van der Waals surface area (Å²) in [5.41, 5.74) is 5.02. The lowest BCUT2D eigenvalue weighted by atomic mass is 10.1. The minimum atomic E-state index is -0.650. The van der Waals surface area contributed by atoms with Crippen molar-refractivity contribution in [1.82, 2.24) is 19.8 Å². The lowest BCUT2D eigenvalue weighted by Crippen LogP contribution is -2.46. The standard InChI is InChI=1S/C22H25Cl2N3S.C21H23F2N3O/c23-18-5-3-6-19(24)22(18)28-16-2-1-11-26-12-14-27(15-13-26)21-8-4-7-20-17(21)9-10-25-20;22-16-5-6-21(18(23)15-16)27-14-2-9-25-10-12-26(13-11-25)20-4-1-3-19-17(20)7-8-24-19/h3-10,25H,1-2,11-16H2;1,3-8,15,24H,2,9-14H2. The molecule has 0 radical (unpaired) electrons. The molecule has 6 aromatic rings. The second kappa shape index (κ2) is 19.3. The lowest BCUT2D eigenvalue weighted by Gasteiger charge is -2.36. The van der Waals surface area contributed by atoms with Crippen molar-refractivity contribution in [2.45, 2.75) is 24.2 Å². The summed E-state index contributed by atoms with van der Waals surface area (Å²) in [5, 5.41) is 4.10. The number of thioether (sulfide) groups is 1. The highest BCUT2D eigenvalue weighted by Gasteiger charge is 2.20. The SMILES string of the molecule is Clc1cccc(Cl)c1SCCCCN1CCN(c2cccc3[nH]ccc23)CC1.Fc1ccc(OCCCN2CCN(c3cccc4[nH]ccc34)CC2)c(F)c1. The number of piperazine rings is 2. The van der Waals surface area contributed by atoms with Crippen LogP contribution >= 0.6 is 35.0 Å². The predicted octanol–water partition coefficient (Wildman–Crippen LogP) is 10.2. The van der Waals surface area contributed by atoms with Crippen LogP contribution in [0.25, 0.3) is 21.8 Å². The molecule has 4 aromatic carbocycles. The van der Waals surface area contributed by atoms with Gasteiger partial charge in [-0.2, -0.15) is 0 Å². The minimum Gasteiger partial charge on any atom is -0.490 e. The van der Waals surface area contributed by atoms with E-state index < -0.39 is 11.6 Å². The van der Waals surface area contributed by atoms with E-state index in [1.807, 2.05) is 30.6 Å². The number of benzene rings is 4. The van der Waals surface area contributed by atoms with Crippen LogP contribution in [-0.4, -0.2) is 97.6 Å². The van der Waals surface area contributed by atoms with E-state index in [2.05, 4.69) is 78.1 Å². The molecule has 2 N–H and O–H groups in total. The summed E-state index contributed by atoms with van der Waals surface area (Å²) in [7, 11) is 0. The fourth-order valence-corrected chi connectivity index (χ4v) is 9.10. The molecule has 290 valence electrons. The molecule has 0 atom stereocenters. The van der Waals surface area contributed by atoms with Gasteiger partial charge in [0.2, 0.25) is 0 Å². The zero-order chi connectivity index (χ0) is 38.0. The fourth-order valence-electron chi connectivity index (χ4n) is 7.41. The van der Waals surface area contributed by atoms with E-state index >= 15 is 0 Å². The summed E-state index contributed by atoms with van der Waals surface area (Å²) in [6, 6.07) is 26.3. The van der Waals surface area contributed by atoms with Crippen LogP contribution in [-0.2, 0) is 0 Å². The molecular formula is C43H48Cl2F2N6OS. The number of H-pyrrole nitrogens is 2. The molecule has 2 aliphatic rings. The van der Waals surface area contributed by atoms with E-state index in [1.54, 1.807) is 11.8 Å². The number of unbranched alkanes of at least 4 members (excludes halogenated alkanes) is 1. The van der Waals surface area contributed by atoms with Gasteiger partial charge < -0.3 is 24.5 Å². The minimum absolute atomic E-state index is 0.112. The molecule has 2 saturated heterocycles. The Morgan fingerprint density at radius 3 is 1.73 bits per heavy atom. The Hall–Kier alpha value is -3.93. The van der Waals surface area contributed by atoms with Crippen molar-refractivity contribution >= 4 is 68.1 Å². The summed E-state index contributed by atoms with van der Waals surface area (Å²) in [6.07, 6.45) is 7.20. The Labute approximate surface area is 336 Å². The average molecular weight is 806 g/mol. The van der Waals surface area contributed by atoms with Gasteiger partial charge in [0.15, 0.2) is 11.6 Å². The molecule has 7 nitrogen and oxygen atoms in total. The number of ether oxygens (including phenoxy) is 1. The van der Waals surface area contributed by atoms with E-state index in [9.17, 15) is 8.78 Å². The molecule has 0 aliphatic carbocycles. The summed E-state index contributed by atoms with van der Waals surface area (Å²) in [4.78, 5) is 17.5. The van der Waals surface area contributed by atoms with Crippen molar-refractivity contribution in [1.29, 1.82) is 0 Å². The average Bonchev–Trinajstić information content (AvgIpc) is 3.89. The molecule has 8 rings (SSSR count). The summed E-state index contributed by atoms with van der Waals surface area (Å²) in [5.74, 6) is -0.0738. The third-order valence-electron chi connectivity index (χ3n) is 10.4. The van der Waals surface area contributed by atoms with Crippen LogP contribution in [0, 0.1) is 11.6 Å². The van der Waals surface area contributed by atoms with Gasteiger partial charge in [-0.25, -0.2) is 8.78 Å². The number of fused-ring (bicyclic) bond motifs is 2. The molecule has 2 fully saturated rings. The maximum absolute atomic E-state index is 13.5. The van der Waals surface area contributed by atoms with Gasteiger partial charge in [0.25, 0.3) is 0 Å². The van der Waals surface area contributed by atoms with Gasteiger partial charge in [0.1, 0.15) is 5.82 Å². The Balaban J connectivity index is 0.000000169. The van der Waals surface area contributed by atoms with Crippen LogP contribution < -0.4 is 14.5 Å². The Bertz CT molecular complexity index is 2110. The van der Waals surface area contributed by atoms with Crippen LogP contribution in [0.3, 0.4) is 0 Å². The van der Waals surface area contributed by atoms with Gasteiger partial charge in [-0.3, -0.25) is 9.80 Å². The number of rotatable bonds is 13. The first kappa shape index (κ1) is 39.3. The molecule has 0 amide bonds. The topological polar surface area (TPSA) is 53.8 Å². The summed E-state index contributed by atoms with van der Waals surface area (Å²) in [6.45, 7) is 10.9. The zero-order valence-corrected chi connectivity index (χ0v) is 33.3. The molecule has 0 unspecified atom stereocenters. The largest absolute Gasteiger partial charge is 0.490 e. The van der Waals surface area contributed by atoms with Gasteiger partial charge in [-0.05, 0) is 92.2 Å². The van der Waals surface area contributed by atoms with E-state index in [0.717, 1.165) is 92.1 Å². The van der Waals surface area contributed by atoms with Gasteiger partial charge in [0.05, 0.1) is 16.7 Å². The summed E-state index contributed by atoms with van der Waals surface area (Å²) >= 11 is 14.2. The smallest absolute Gasteiger partial charge is 0.167 e. The summed E-state index contributed by atoms with van der Waals surface area (Å²) < 4.78 is 31.9. The number of hydrogen-bond acceptors (Lipinski definition) is 6. The maximum Gasteiger partial charge on any atom is 0.167 e. The number of nitrogens with one attached hydrogen (secondary N) is 2. The second-order valence-corrected chi connectivity index (χ2v) is 15.9. The molecule has 2 aliphatic heterocycles. The molecule has 0 spiro atoms. The first-order valence-corrected chi connectivity index (χ1v) is 20.9. The van der Waals surface area contributed by atoms with Crippen LogP contribution in [0.2, 0.25) is 10.0 Å². The van der Waals surface area contributed by atoms with Gasteiger partial charge in [-0.15, -0.1) is 11.8 Å². The molecular weight excluding hydrogens is 757 g/mol. The van der Waals surface area contributed by atoms with Crippen molar-refractivity contribution in [3.8, 4) is 5.75 Å². The molecule has 0 saturated carbocycles. The van der Waals surface area contributed by atoms with Gasteiger partial charge in [-0.1, -0.05) is 41.4 Å². The van der Waals surface area contributed by atoms with E-state index in [-0.39, 0.29) is 5.75 Å². The number of aromatic amines is 2. The Morgan fingerprint density at radius 2 is 1.16 bits per heavy atom. The van der Waals surface area contributed by atoms with Crippen LogP contribution in [0.1, 0.15) is 19.3 Å². The molecule has 0 bridgehead atoms. The highest BCUT2D eigenvalue weighted by atomic mass is 35.5. The maximum atomic E-state index is 13.5. The fraction of sp³-hybridized carbons (Fsp3) is 0.349. The van der Waals surface area contributed by atoms with E-state index in [4.69, 9.17) is 27.9 Å². The van der Waals surface area contributed by atoms with Gasteiger partial charge in [0, 0.05) is 115 Å². The van der Waals surface area contributed by atoms with Crippen molar-refractivity contribution in [3.63, 3.8) is 0 Å². The number of hydrogen-bond donors (Lipinski definition) is 2. The highest BCUT2D eigenvalue weighted by molar-refractivity contribution is 7.99. The van der Waals surface area contributed by atoms with Crippen LogP contribution in [0.15, 0.2) is 102 Å². The van der Waals surface area contributed by atoms with Crippen molar-refractivity contribution in [3.05, 3.63) is 119 Å². The molecule has 12 heteroatoms. The quantitative estimate of drug-likeness (QED) is 0.0896. The normalized spacial score (nSPS) is 15.4. The number of halogens is 4.